The SMILES string of the molecule is O.O.O.O.[O-2].[O-][Cl+3]([O-])([O-])[O-].[O-][Cl+3]([O-])([O-])[O-].[O-][Cl+3]([O-])([O-])[O-].[O-][Cl+3]([O-])([O-])[O-].[Ru+3].[Ru+3].c1ccc(-c2cccc(-c3ccccn3)n2)nc1.c1ccc(-c2cccc(-c3ccccn3)n2)nc1.c1ccc(-c2ccccn2)nc1.c1ccc(-c2ccccn2)nc1. The predicted molar refractivity (Wildman–Crippen MR) is 251 cm³/mol. The third-order valence-corrected chi connectivity index (χ3v) is 8.39. The number of hydrogen-bond acceptors (Lipinski definition) is 26. The van der Waals surface area contributed by atoms with Crippen molar-refractivity contribution in [3.05, 3.63) is 232 Å². The van der Waals surface area contributed by atoms with Crippen LogP contribution in [0.3, 0.4) is 0 Å². The summed E-state index contributed by atoms with van der Waals surface area (Å²) in [7, 11) is -19.8. The molecule has 0 fully saturated rings. The standard InChI is InChI=1S/2C15H11N3.2C10H8N2.4ClHO4.4H2O.O.2Ru/c2*1-3-10-16-12(6-1)14-8-5-9-15(18-14)13-7-2-4-11-17-13;2*1-3-7-11-9(5-1)10-6-2-4-8-12-10;4*2-1(3,4)5;;;;;;;/h2*1-11H;2*1-8H;4*(H,2,3,4,5);4*1H2;;;/q;;;;;;;;;;;;-2;2*+3/p-4. The predicted octanol–water partition coefficient (Wildman–Crippen LogP) is -11.7. The molecule has 0 aliphatic heterocycles. The molecule has 37 heteroatoms. The van der Waals surface area contributed by atoms with E-state index >= 15 is 0 Å². The van der Waals surface area contributed by atoms with Gasteiger partial charge in [0.25, 0.3) is 0 Å². The first kappa shape index (κ1) is 88.8. The summed E-state index contributed by atoms with van der Waals surface area (Å²) < 4.78 is 136. The molecule has 0 spiro atoms. The molecule has 0 aliphatic rings. The van der Waals surface area contributed by atoms with Crippen LogP contribution in [0.15, 0.2) is 232 Å². The van der Waals surface area contributed by atoms with Gasteiger partial charge < -0.3 is 27.4 Å². The van der Waals surface area contributed by atoms with Crippen molar-refractivity contribution >= 4 is 0 Å². The second kappa shape index (κ2) is 47.2. The molecule has 0 saturated carbocycles. The van der Waals surface area contributed by atoms with Crippen LogP contribution in [0.1, 0.15) is 0 Å². The van der Waals surface area contributed by atoms with Crippen molar-refractivity contribution in [1.82, 2.24) is 49.8 Å². The Balaban J connectivity index is -0.000000307. The summed E-state index contributed by atoms with van der Waals surface area (Å²) in [6, 6.07) is 58.1. The van der Waals surface area contributed by atoms with Gasteiger partial charge in [0.2, 0.25) is 0 Å². The van der Waals surface area contributed by atoms with E-state index in [1.165, 1.54) is 0 Å². The Kier molecular flexibility index (Phi) is 48.2. The summed E-state index contributed by atoms with van der Waals surface area (Å²) in [6.45, 7) is 0. The summed E-state index contributed by atoms with van der Waals surface area (Å²) >= 11 is 0. The van der Waals surface area contributed by atoms with Crippen LogP contribution in [0, 0.1) is 41.0 Å². The van der Waals surface area contributed by atoms with Crippen molar-refractivity contribution in [1.29, 1.82) is 0 Å². The van der Waals surface area contributed by atoms with Gasteiger partial charge in [0, 0.05) is 49.6 Å². The van der Waals surface area contributed by atoms with Gasteiger partial charge in [-0.25, -0.2) is 84.5 Å². The first-order chi connectivity index (χ1) is 37.8. The van der Waals surface area contributed by atoms with E-state index in [2.05, 4.69) is 49.8 Å². The van der Waals surface area contributed by atoms with E-state index in [1.807, 2.05) is 182 Å². The van der Waals surface area contributed by atoms with Crippen LogP contribution >= 0.6 is 0 Å². The largest absolute Gasteiger partial charge is 3.00 e. The summed E-state index contributed by atoms with van der Waals surface area (Å²) in [6.07, 6.45) is 14.1. The first-order valence-electron chi connectivity index (χ1n) is 21.5. The van der Waals surface area contributed by atoms with E-state index in [-0.39, 0.29) is 66.3 Å². The Labute approximate surface area is 528 Å². The maximum Gasteiger partial charge on any atom is 3.00 e. The van der Waals surface area contributed by atoms with Gasteiger partial charge in [-0.05, 0) is 121 Å². The summed E-state index contributed by atoms with van der Waals surface area (Å²) in [5.41, 5.74) is 10.6. The number of aromatic nitrogens is 10. The van der Waals surface area contributed by atoms with E-state index in [0.717, 1.165) is 68.3 Å². The zero-order valence-corrected chi connectivity index (χ0v) is 50.1. The number of rotatable bonds is 6. The molecule has 8 N–H and O–H groups in total. The van der Waals surface area contributed by atoms with Gasteiger partial charge >= 0.3 is 39.0 Å². The molecule has 10 aromatic rings. The number of nitrogens with zero attached hydrogens (tertiary/aromatic N) is 10. The maximum atomic E-state index is 8.49. The molecule has 466 valence electrons. The maximum absolute atomic E-state index is 8.49. The van der Waals surface area contributed by atoms with Gasteiger partial charge in [-0.3, -0.25) is 39.9 Å². The van der Waals surface area contributed by atoms with E-state index in [4.69, 9.17) is 74.5 Å². The fraction of sp³-hybridized carbons (Fsp3) is 0. The van der Waals surface area contributed by atoms with Crippen molar-refractivity contribution in [2.45, 2.75) is 0 Å². The van der Waals surface area contributed by atoms with Gasteiger partial charge in [0.1, 0.15) is 0 Å². The molecule has 31 nitrogen and oxygen atoms in total. The Morgan fingerprint density at radius 2 is 0.287 bits per heavy atom. The molecule has 10 rings (SSSR count). The van der Waals surface area contributed by atoms with E-state index in [9.17, 15) is 0 Å². The van der Waals surface area contributed by atoms with Gasteiger partial charge in [-0.15, -0.1) is 41.0 Å². The third kappa shape index (κ3) is 46.0. The zero-order valence-electron chi connectivity index (χ0n) is 43.6. The second-order valence-corrected chi connectivity index (χ2v) is 17.1. The van der Waals surface area contributed by atoms with Crippen LogP contribution in [0.4, 0.5) is 0 Å². The van der Waals surface area contributed by atoms with Crippen molar-refractivity contribution in [3.8, 4) is 68.3 Å². The van der Waals surface area contributed by atoms with Crippen LogP contribution in [0.25, 0.3) is 68.3 Å². The molecule has 0 unspecified atom stereocenters. The van der Waals surface area contributed by atoms with Crippen LogP contribution in [0.2, 0.25) is 0 Å². The Bertz CT molecular complexity index is 2770. The van der Waals surface area contributed by atoms with Crippen molar-refractivity contribution in [3.63, 3.8) is 0 Å². The molecule has 0 amide bonds. The third-order valence-electron chi connectivity index (χ3n) is 8.39. The smallest absolute Gasteiger partial charge is 2.00 e. The summed E-state index contributed by atoms with van der Waals surface area (Å²) in [5.74, 6) is 0. The molecule has 2 radical (unpaired) electrons. The molecular weight excluding hydrogens is 1420 g/mol. The average Bonchev–Trinajstić information content (AvgIpc) is 3.47. The van der Waals surface area contributed by atoms with Crippen molar-refractivity contribution < 1.29 is 182 Å². The minimum Gasteiger partial charge on any atom is -2.00 e. The van der Waals surface area contributed by atoms with Crippen LogP contribution in [-0.2, 0) is 44.4 Å². The molecule has 0 aromatic carbocycles. The Morgan fingerprint density at radius 3 is 0.391 bits per heavy atom. The molecule has 10 heterocycles. The molecule has 87 heavy (non-hydrogen) atoms. The number of hydrogen-bond donors (Lipinski definition) is 0. The van der Waals surface area contributed by atoms with Crippen molar-refractivity contribution in [2.75, 3.05) is 0 Å². The van der Waals surface area contributed by atoms with Gasteiger partial charge in [0.05, 0.1) is 68.3 Å². The van der Waals surface area contributed by atoms with Gasteiger partial charge in [0.15, 0.2) is 0 Å². The second-order valence-electron chi connectivity index (χ2n) is 14.0. The summed E-state index contributed by atoms with van der Waals surface area (Å²) in [4.78, 5) is 43.1. The zero-order chi connectivity index (χ0) is 58.9. The fourth-order valence-electron chi connectivity index (χ4n) is 5.55. The van der Waals surface area contributed by atoms with Crippen LogP contribution in [-0.4, -0.2) is 71.7 Å². The number of pyridine rings is 10. The fourth-order valence-corrected chi connectivity index (χ4v) is 5.55. The molecule has 0 aliphatic carbocycles. The molecule has 0 saturated heterocycles. The summed E-state index contributed by atoms with van der Waals surface area (Å²) in [5, 5.41) is 0. The van der Waals surface area contributed by atoms with Gasteiger partial charge in [-0.1, -0.05) is 60.7 Å². The Hall–Kier alpha value is -6.93. The minimum absolute atomic E-state index is 0. The van der Waals surface area contributed by atoms with Crippen LogP contribution < -0.4 is 74.5 Å². The first-order valence-corrected chi connectivity index (χ1v) is 26.5. The normalized spacial score (nSPS) is 9.66. The molecule has 10 aromatic heterocycles. The topological polar surface area (TPSA) is 652 Å². The number of halogens is 4. The molecule has 0 atom stereocenters. The molecule has 0 bridgehead atoms. The average molecular weight is 1470 g/mol. The van der Waals surface area contributed by atoms with E-state index < -0.39 is 41.0 Å². The quantitative estimate of drug-likeness (QED) is 0.140. The Morgan fingerprint density at radius 1 is 0.184 bits per heavy atom. The molecular formula is C50H46Cl4N10O21Ru2. The van der Waals surface area contributed by atoms with E-state index in [1.54, 1.807) is 49.6 Å². The van der Waals surface area contributed by atoms with E-state index in [0.29, 0.717) is 0 Å². The van der Waals surface area contributed by atoms with Gasteiger partial charge in [-0.2, -0.15) is 0 Å². The van der Waals surface area contributed by atoms with Crippen molar-refractivity contribution in [2.24, 2.45) is 0 Å². The monoisotopic (exact) mass is 1470 g/mol. The minimum atomic E-state index is -4.94. The van der Waals surface area contributed by atoms with Crippen LogP contribution in [0.5, 0.6) is 0 Å².